The van der Waals surface area contributed by atoms with E-state index in [9.17, 15) is 0 Å². The fourth-order valence-corrected chi connectivity index (χ4v) is 4.52. The molecule has 5 rings (SSSR count). The van der Waals surface area contributed by atoms with Crippen LogP contribution >= 0.6 is 0 Å². The molecular weight excluding hydrogens is 372 g/mol. The number of rotatable bonds is 4. The lowest BCUT2D eigenvalue weighted by atomic mass is 9.87. The monoisotopic (exact) mass is 398 g/mol. The Hall–Kier alpha value is -3.64. The van der Waals surface area contributed by atoms with Crippen molar-refractivity contribution >= 4 is 10.8 Å². The van der Waals surface area contributed by atoms with Crippen molar-refractivity contribution in [1.82, 2.24) is 0 Å². The molecule has 0 aliphatic heterocycles. The molecule has 0 aromatic heterocycles. The molecule has 0 aliphatic rings. The molecule has 31 heavy (non-hydrogen) atoms. The van der Waals surface area contributed by atoms with Gasteiger partial charge in [-0.05, 0) is 61.7 Å². The summed E-state index contributed by atoms with van der Waals surface area (Å²) in [6.07, 6.45) is 0. The van der Waals surface area contributed by atoms with Crippen molar-refractivity contribution in [3.8, 4) is 33.4 Å². The minimum absolute atomic E-state index is 0.499. The molecule has 0 heteroatoms. The molecule has 0 heterocycles. The molecule has 0 aliphatic carbocycles. The molecule has 0 atom stereocenters. The molecule has 5 aromatic rings. The van der Waals surface area contributed by atoms with E-state index in [1.165, 1.54) is 49.7 Å². The standard InChI is InChI=1S/C31H26/c1-22(2)26-19-20-28(30-16-10-9-15-29(26)30)25-17-18-27(23-11-5-3-6-12-23)31(21-25)24-13-7-4-8-14-24/h3-22H,1-2H3. The van der Waals surface area contributed by atoms with Gasteiger partial charge in [0.15, 0.2) is 0 Å². The second kappa shape index (κ2) is 8.24. The average Bonchev–Trinajstić information content (AvgIpc) is 2.84. The van der Waals surface area contributed by atoms with Crippen LogP contribution in [-0.2, 0) is 0 Å². The van der Waals surface area contributed by atoms with Gasteiger partial charge in [-0.3, -0.25) is 0 Å². The summed E-state index contributed by atoms with van der Waals surface area (Å²) in [4.78, 5) is 0. The van der Waals surface area contributed by atoms with Crippen molar-refractivity contribution in [2.75, 3.05) is 0 Å². The predicted octanol–water partition coefficient (Wildman–Crippen LogP) is 8.96. The van der Waals surface area contributed by atoms with Gasteiger partial charge in [-0.25, -0.2) is 0 Å². The lowest BCUT2D eigenvalue weighted by Gasteiger charge is -2.16. The van der Waals surface area contributed by atoms with Crippen LogP contribution in [0.5, 0.6) is 0 Å². The molecule has 5 aromatic carbocycles. The van der Waals surface area contributed by atoms with Gasteiger partial charge in [-0.2, -0.15) is 0 Å². The van der Waals surface area contributed by atoms with E-state index in [1.807, 2.05) is 0 Å². The number of benzene rings is 5. The highest BCUT2D eigenvalue weighted by molar-refractivity contribution is 6.00. The molecule has 0 saturated heterocycles. The first kappa shape index (κ1) is 19.3. The van der Waals surface area contributed by atoms with Gasteiger partial charge in [0.05, 0.1) is 0 Å². The van der Waals surface area contributed by atoms with Gasteiger partial charge >= 0.3 is 0 Å². The summed E-state index contributed by atoms with van der Waals surface area (Å²) < 4.78 is 0. The quantitative estimate of drug-likeness (QED) is 0.283. The van der Waals surface area contributed by atoms with E-state index in [4.69, 9.17) is 0 Å². The van der Waals surface area contributed by atoms with Crippen LogP contribution < -0.4 is 0 Å². The van der Waals surface area contributed by atoms with E-state index in [1.54, 1.807) is 0 Å². The molecule has 0 bridgehead atoms. The summed E-state index contributed by atoms with van der Waals surface area (Å²) in [6.45, 7) is 4.53. The normalized spacial score (nSPS) is 11.2. The van der Waals surface area contributed by atoms with Crippen LogP contribution in [0.1, 0.15) is 25.3 Å². The molecule has 0 amide bonds. The summed E-state index contributed by atoms with van der Waals surface area (Å²) in [5, 5.41) is 2.67. The molecular formula is C31H26. The van der Waals surface area contributed by atoms with Crippen LogP contribution in [-0.4, -0.2) is 0 Å². The van der Waals surface area contributed by atoms with Crippen molar-refractivity contribution in [2.24, 2.45) is 0 Å². The Balaban J connectivity index is 1.75. The molecule has 0 N–H and O–H groups in total. The maximum Gasteiger partial charge on any atom is -0.00992 e. The van der Waals surface area contributed by atoms with Crippen molar-refractivity contribution in [2.45, 2.75) is 19.8 Å². The summed E-state index contributed by atoms with van der Waals surface area (Å²) in [5.74, 6) is 0.499. The Kier molecular flexibility index (Phi) is 5.14. The topological polar surface area (TPSA) is 0 Å². The van der Waals surface area contributed by atoms with E-state index < -0.39 is 0 Å². The highest BCUT2D eigenvalue weighted by Crippen LogP contribution is 2.39. The van der Waals surface area contributed by atoms with E-state index in [0.717, 1.165) is 0 Å². The van der Waals surface area contributed by atoms with Gasteiger partial charge in [0.2, 0.25) is 0 Å². The minimum atomic E-state index is 0.499. The fraction of sp³-hybridized carbons (Fsp3) is 0.0968. The first-order valence-electron chi connectivity index (χ1n) is 11.0. The fourth-order valence-electron chi connectivity index (χ4n) is 4.52. The SMILES string of the molecule is CC(C)c1ccc(-c2ccc(-c3ccccc3)c(-c3ccccc3)c2)c2ccccc12. The van der Waals surface area contributed by atoms with Crippen molar-refractivity contribution in [1.29, 1.82) is 0 Å². The zero-order valence-corrected chi connectivity index (χ0v) is 18.0. The summed E-state index contributed by atoms with van der Waals surface area (Å²) in [7, 11) is 0. The Morgan fingerprint density at radius 3 is 1.61 bits per heavy atom. The molecule has 0 radical (unpaired) electrons. The molecule has 0 nitrogen and oxygen atoms in total. The van der Waals surface area contributed by atoms with Crippen LogP contribution in [0.25, 0.3) is 44.2 Å². The first-order valence-corrected chi connectivity index (χ1v) is 11.0. The van der Waals surface area contributed by atoms with Crippen molar-refractivity contribution < 1.29 is 0 Å². The summed E-state index contributed by atoms with van der Waals surface area (Å²) >= 11 is 0. The first-order chi connectivity index (χ1) is 15.2. The molecule has 150 valence electrons. The third kappa shape index (κ3) is 3.66. The van der Waals surface area contributed by atoms with Crippen LogP contribution in [0.4, 0.5) is 0 Å². The van der Waals surface area contributed by atoms with Crippen molar-refractivity contribution in [3.05, 3.63) is 121 Å². The van der Waals surface area contributed by atoms with Gasteiger partial charge in [-0.1, -0.05) is 123 Å². The maximum atomic E-state index is 2.36. The zero-order valence-electron chi connectivity index (χ0n) is 18.0. The van der Waals surface area contributed by atoms with E-state index in [2.05, 4.69) is 129 Å². The molecule has 0 saturated carbocycles. The molecule has 0 unspecified atom stereocenters. The minimum Gasteiger partial charge on any atom is -0.0622 e. The van der Waals surface area contributed by atoms with Gasteiger partial charge in [0.1, 0.15) is 0 Å². The molecule has 0 spiro atoms. The van der Waals surface area contributed by atoms with Gasteiger partial charge in [-0.15, -0.1) is 0 Å². The highest BCUT2D eigenvalue weighted by Gasteiger charge is 2.13. The second-order valence-electron chi connectivity index (χ2n) is 8.40. The van der Waals surface area contributed by atoms with E-state index in [0.29, 0.717) is 5.92 Å². The summed E-state index contributed by atoms with van der Waals surface area (Å²) in [6, 6.07) is 41.7. The van der Waals surface area contributed by atoms with Crippen LogP contribution in [0, 0.1) is 0 Å². The number of hydrogen-bond acceptors (Lipinski definition) is 0. The number of fused-ring (bicyclic) bond motifs is 1. The lowest BCUT2D eigenvalue weighted by Crippen LogP contribution is -1.92. The Morgan fingerprint density at radius 1 is 0.419 bits per heavy atom. The zero-order chi connectivity index (χ0) is 21.2. The van der Waals surface area contributed by atoms with Gasteiger partial charge < -0.3 is 0 Å². The highest BCUT2D eigenvalue weighted by atomic mass is 14.2. The molecule has 0 fully saturated rings. The third-order valence-electron chi connectivity index (χ3n) is 6.08. The summed E-state index contributed by atoms with van der Waals surface area (Å²) in [5.41, 5.74) is 8.96. The average molecular weight is 399 g/mol. The van der Waals surface area contributed by atoms with Crippen molar-refractivity contribution in [3.63, 3.8) is 0 Å². The number of hydrogen-bond donors (Lipinski definition) is 0. The van der Waals surface area contributed by atoms with Gasteiger partial charge in [0, 0.05) is 0 Å². The van der Waals surface area contributed by atoms with E-state index >= 15 is 0 Å². The third-order valence-corrected chi connectivity index (χ3v) is 6.08. The largest absolute Gasteiger partial charge is 0.0622 e. The van der Waals surface area contributed by atoms with E-state index in [-0.39, 0.29) is 0 Å². The second-order valence-corrected chi connectivity index (χ2v) is 8.40. The van der Waals surface area contributed by atoms with Crippen LogP contribution in [0.2, 0.25) is 0 Å². The maximum absolute atomic E-state index is 2.36. The smallest absolute Gasteiger partial charge is 0.00992 e. The van der Waals surface area contributed by atoms with Gasteiger partial charge in [0.25, 0.3) is 0 Å². The lowest BCUT2D eigenvalue weighted by molar-refractivity contribution is 0.876. The Morgan fingerprint density at radius 2 is 0.968 bits per heavy atom. The Bertz CT molecular complexity index is 1330. The Labute approximate surface area is 184 Å². The predicted molar refractivity (Wildman–Crippen MR) is 134 cm³/mol. The van der Waals surface area contributed by atoms with Crippen LogP contribution in [0.3, 0.4) is 0 Å². The van der Waals surface area contributed by atoms with Crippen LogP contribution in [0.15, 0.2) is 115 Å².